The van der Waals surface area contributed by atoms with Gasteiger partial charge >= 0.3 is 0 Å². The fourth-order valence-corrected chi connectivity index (χ4v) is 4.30. The summed E-state index contributed by atoms with van der Waals surface area (Å²) in [7, 11) is 1.62. The van der Waals surface area contributed by atoms with E-state index in [4.69, 9.17) is 11.6 Å². The quantitative estimate of drug-likeness (QED) is 0.203. The Kier molecular flexibility index (Phi) is 6.90. The molecular formula is C23H19ClN6O3S. The normalized spacial score (nSPS) is 10.8. The summed E-state index contributed by atoms with van der Waals surface area (Å²) < 4.78 is 1.88. The number of pyridine rings is 1. The van der Waals surface area contributed by atoms with E-state index in [9.17, 15) is 14.9 Å². The molecule has 0 fully saturated rings. The summed E-state index contributed by atoms with van der Waals surface area (Å²) in [4.78, 5) is 28.8. The summed E-state index contributed by atoms with van der Waals surface area (Å²) in [6, 6.07) is 15.1. The first-order valence-corrected chi connectivity index (χ1v) is 11.5. The van der Waals surface area contributed by atoms with Gasteiger partial charge in [-0.3, -0.25) is 24.5 Å². The molecule has 4 aromatic rings. The molecule has 2 aromatic heterocycles. The number of benzene rings is 2. The van der Waals surface area contributed by atoms with E-state index in [0.29, 0.717) is 21.7 Å². The molecule has 0 spiro atoms. The molecule has 0 atom stereocenters. The van der Waals surface area contributed by atoms with Crippen molar-refractivity contribution in [3.05, 3.63) is 87.7 Å². The third-order valence-corrected chi connectivity index (χ3v) is 6.52. The number of rotatable bonds is 7. The number of aromatic nitrogens is 4. The number of amides is 1. The van der Waals surface area contributed by atoms with Crippen LogP contribution in [0.2, 0.25) is 5.02 Å². The molecule has 0 bridgehead atoms. The second-order valence-electron chi connectivity index (χ2n) is 7.28. The molecule has 11 heteroatoms. The van der Waals surface area contributed by atoms with Crippen LogP contribution in [-0.2, 0) is 4.79 Å². The van der Waals surface area contributed by atoms with Crippen molar-refractivity contribution in [3.8, 4) is 17.1 Å². The van der Waals surface area contributed by atoms with E-state index >= 15 is 0 Å². The van der Waals surface area contributed by atoms with E-state index < -0.39 is 4.92 Å². The molecule has 2 heterocycles. The maximum atomic E-state index is 12.9. The van der Waals surface area contributed by atoms with Gasteiger partial charge < -0.3 is 4.90 Å². The zero-order chi connectivity index (χ0) is 24.2. The number of carbonyl (C=O) groups excluding carboxylic acids is 1. The van der Waals surface area contributed by atoms with Gasteiger partial charge in [-0.05, 0) is 48.9 Å². The van der Waals surface area contributed by atoms with Crippen LogP contribution in [0.4, 0.5) is 11.4 Å². The van der Waals surface area contributed by atoms with E-state index in [2.05, 4.69) is 15.2 Å². The molecule has 34 heavy (non-hydrogen) atoms. The maximum Gasteiger partial charge on any atom is 0.269 e. The summed E-state index contributed by atoms with van der Waals surface area (Å²) in [6.07, 6.45) is 3.35. The molecule has 1 amide bonds. The van der Waals surface area contributed by atoms with Crippen molar-refractivity contribution in [2.24, 2.45) is 0 Å². The van der Waals surface area contributed by atoms with Crippen LogP contribution in [0.3, 0.4) is 0 Å². The van der Waals surface area contributed by atoms with Crippen LogP contribution >= 0.6 is 23.4 Å². The summed E-state index contributed by atoms with van der Waals surface area (Å²) in [5, 5.41) is 20.7. The number of anilines is 1. The van der Waals surface area contributed by atoms with Crippen LogP contribution in [0.15, 0.2) is 72.1 Å². The number of hydrogen-bond donors (Lipinski definition) is 0. The molecule has 0 saturated carbocycles. The lowest BCUT2D eigenvalue weighted by molar-refractivity contribution is -0.384. The highest BCUT2D eigenvalue weighted by molar-refractivity contribution is 7.99. The average Bonchev–Trinajstić information content (AvgIpc) is 3.28. The van der Waals surface area contributed by atoms with Crippen molar-refractivity contribution in [1.82, 2.24) is 19.7 Å². The molecule has 0 radical (unpaired) electrons. The van der Waals surface area contributed by atoms with Crippen LogP contribution < -0.4 is 4.90 Å². The lowest BCUT2D eigenvalue weighted by Crippen LogP contribution is -2.28. The van der Waals surface area contributed by atoms with E-state index in [-0.39, 0.29) is 17.3 Å². The number of thioether (sulfide) groups is 1. The molecule has 9 nitrogen and oxygen atoms in total. The lowest BCUT2D eigenvalue weighted by Gasteiger charge is -2.17. The Labute approximate surface area is 204 Å². The smallest absolute Gasteiger partial charge is 0.269 e. The highest BCUT2D eigenvalue weighted by Gasteiger charge is 2.20. The fourth-order valence-electron chi connectivity index (χ4n) is 3.27. The number of nitro benzene ring substituents is 1. The van der Waals surface area contributed by atoms with Crippen LogP contribution in [0.1, 0.15) is 5.56 Å². The Morgan fingerprint density at radius 2 is 1.82 bits per heavy atom. The van der Waals surface area contributed by atoms with E-state index in [0.717, 1.165) is 16.8 Å². The van der Waals surface area contributed by atoms with Crippen LogP contribution in [0.25, 0.3) is 17.1 Å². The highest BCUT2D eigenvalue weighted by Crippen LogP contribution is 2.32. The minimum atomic E-state index is -0.480. The number of non-ortho nitro benzene ring substituents is 1. The van der Waals surface area contributed by atoms with Gasteiger partial charge in [-0.15, -0.1) is 10.2 Å². The van der Waals surface area contributed by atoms with Crippen molar-refractivity contribution < 1.29 is 9.72 Å². The first-order chi connectivity index (χ1) is 16.4. The van der Waals surface area contributed by atoms with Crippen LogP contribution in [0, 0.1) is 17.0 Å². The molecule has 4 rings (SSSR count). The molecule has 0 aliphatic heterocycles. The molecular weight excluding hydrogens is 476 g/mol. The number of nitro groups is 1. The summed E-state index contributed by atoms with van der Waals surface area (Å²) in [5.74, 6) is 0.495. The monoisotopic (exact) mass is 494 g/mol. The molecule has 2 aromatic carbocycles. The van der Waals surface area contributed by atoms with Gasteiger partial charge in [0.1, 0.15) is 0 Å². The van der Waals surface area contributed by atoms with Gasteiger partial charge in [0.2, 0.25) is 5.91 Å². The number of hydrogen-bond acceptors (Lipinski definition) is 7. The number of halogens is 1. The molecule has 0 N–H and O–H groups in total. The first-order valence-electron chi connectivity index (χ1n) is 10.1. The summed E-state index contributed by atoms with van der Waals surface area (Å²) in [6.45, 7) is 1.91. The van der Waals surface area contributed by atoms with Gasteiger partial charge in [0.25, 0.3) is 5.69 Å². The average molecular weight is 495 g/mol. The predicted octanol–water partition coefficient (Wildman–Crippen LogP) is 4.95. The van der Waals surface area contributed by atoms with Gasteiger partial charge in [-0.25, -0.2) is 0 Å². The minimum Gasteiger partial charge on any atom is -0.315 e. The predicted molar refractivity (Wildman–Crippen MR) is 132 cm³/mol. The van der Waals surface area contributed by atoms with Crippen molar-refractivity contribution in [1.29, 1.82) is 0 Å². The van der Waals surface area contributed by atoms with Gasteiger partial charge in [-0.1, -0.05) is 29.4 Å². The third kappa shape index (κ3) is 4.78. The van der Waals surface area contributed by atoms with Gasteiger partial charge in [-0.2, -0.15) is 0 Å². The SMILES string of the molecule is Cc1c(Cl)cccc1-n1c(SCC(=O)N(C)c2ccc([N+](=O)[O-])cc2)nnc1-c1ccncc1. The standard InChI is InChI=1S/C23H19ClN6O3S/c1-15-19(24)4-3-5-20(15)29-22(16-10-12-25-13-11-16)26-27-23(29)34-14-21(31)28(2)17-6-8-18(9-7-17)30(32)33/h3-13H,14H2,1-2H3. The Balaban J connectivity index is 1.62. The van der Waals surface area contributed by atoms with Gasteiger partial charge in [0, 0.05) is 47.8 Å². The second kappa shape index (κ2) is 10.0. The van der Waals surface area contributed by atoms with Crippen LogP contribution in [-0.4, -0.2) is 43.4 Å². The Bertz CT molecular complexity index is 1340. The first kappa shape index (κ1) is 23.4. The summed E-state index contributed by atoms with van der Waals surface area (Å²) in [5.41, 5.74) is 3.01. The Hall–Kier alpha value is -3.76. The van der Waals surface area contributed by atoms with Crippen molar-refractivity contribution in [2.75, 3.05) is 17.7 Å². The summed E-state index contributed by atoms with van der Waals surface area (Å²) >= 11 is 7.62. The third-order valence-electron chi connectivity index (χ3n) is 5.20. The fraction of sp³-hybridized carbons (Fsp3) is 0.130. The number of carbonyl (C=O) groups is 1. The minimum absolute atomic E-state index is 0.0346. The molecule has 0 unspecified atom stereocenters. The molecule has 172 valence electrons. The maximum absolute atomic E-state index is 12.9. The zero-order valence-corrected chi connectivity index (χ0v) is 19.8. The Morgan fingerprint density at radius 3 is 2.50 bits per heavy atom. The molecule has 0 saturated heterocycles. The lowest BCUT2D eigenvalue weighted by atomic mass is 10.2. The van der Waals surface area contributed by atoms with Gasteiger partial charge in [0.15, 0.2) is 11.0 Å². The molecule has 0 aliphatic carbocycles. The van der Waals surface area contributed by atoms with Crippen molar-refractivity contribution in [2.45, 2.75) is 12.1 Å². The van der Waals surface area contributed by atoms with Gasteiger partial charge in [0.05, 0.1) is 16.4 Å². The van der Waals surface area contributed by atoms with E-state index in [1.807, 2.05) is 41.8 Å². The van der Waals surface area contributed by atoms with E-state index in [1.54, 1.807) is 31.6 Å². The van der Waals surface area contributed by atoms with E-state index in [1.165, 1.54) is 28.8 Å². The van der Waals surface area contributed by atoms with Crippen molar-refractivity contribution in [3.63, 3.8) is 0 Å². The zero-order valence-electron chi connectivity index (χ0n) is 18.3. The van der Waals surface area contributed by atoms with Crippen molar-refractivity contribution >= 4 is 40.6 Å². The second-order valence-corrected chi connectivity index (χ2v) is 8.63. The Morgan fingerprint density at radius 1 is 1.12 bits per heavy atom. The molecule has 0 aliphatic rings. The van der Waals surface area contributed by atoms with Crippen LogP contribution in [0.5, 0.6) is 0 Å². The topological polar surface area (TPSA) is 107 Å². The largest absolute Gasteiger partial charge is 0.315 e. The highest BCUT2D eigenvalue weighted by atomic mass is 35.5. The number of nitrogens with zero attached hydrogens (tertiary/aromatic N) is 6.